The fraction of sp³-hybridized carbons (Fsp3) is 0.0385. The predicted molar refractivity (Wildman–Crippen MR) is 109 cm³/mol. The zero-order valence-corrected chi connectivity index (χ0v) is 14.5. The van der Waals surface area contributed by atoms with Crippen molar-refractivity contribution in [2.24, 2.45) is 0 Å². The van der Waals surface area contributed by atoms with E-state index < -0.39 is 0 Å². The van der Waals surface area contributed by atoms with Crippen LogP contribution in [0.2, 0.25) is 0 Å². The van der Waals surface area contributed by atoms with Crippen LogP contribution in [-0.2, 0) is 0 Å². The molecule has 123 valence electrons. The number of rotatable bonds is 3. The molecule has 0 aliphatic heterocycles. The zero-order valence-electron chi connectivity index (χ0n) is 14.5. The molecule has 0 N–H and O–H groups in total. The maximum atomic E-state index is 2.42. The standard InChI is InChI=1S/C26H19/c1-2-10-19(11-3-1)21-13-5-4-12-20(21)18-26-24-16-8-6-14-22(24)23-15-7-9-17-25(23)26/h1-18,26H. The third-order valence-corrected chi connectivity index (χ3v) is 5.27. The van der Waals surface area contributed by atoms with Gasteiger partial charge in [-0.3, -0.25) is 0 Å². The lowest BCUT2D eigenvalue weighted by molar-refractivity contribution is 0.995. The molecular weight excluding hydrogens is 312 g/mol. The molecule has 0 saturated heterocycles. The molecule has 5 rings (SSSR count). The Hall–Kier alpha value is -3.12. The van der Waals surface area contributed by atoms with Crippen LogP contribution in [0.4, 0.5) is 0 Å². The Morgan fingerprint density at radius 2 is 0.962 bits per heavy atom. The van der Waals surface area contributed by atoms with Gasteiger partial charge in [0.1, 0.15) is 0 Å². The number of hydrogen-bond donors (Lipinski definition) is 0. The van der Waals surface area contributed by atoms with Crippen LogP contribution in [0.25, 0.3) is 22.3 Å². The first-order valence-corrected chi connectivity index (χ1v) is 9.09. The largest absolute Gasteiger partial charge is 0.0622 e. The van der Waals surface area contributed by atoms with Crippen LogP contribution in [0.1, 0.15) is 22.6 Å². The first-order valence-electron chi connectivity index (χ1n) is 9.09. The van der Waals surface area contributed by atoms with E-state index in [2.05, 4.69) is 110 Å². The number of benzene rings is 4. The predicted octanol–water partition coefficient (Wildman–Crippen LogP) is 6.72. The number of hydrogen-bond acceptors (Lipinski definition) is 0. The van der Waals surface area contributed by atoms with Gasteiger partial charge in [-0.15, -0.1) is 0 Å². The van der Waals surface area contributed by atoms with Crippen molar-refractivity contribution in [3.63, 3.8) is 0 Å². The van der Waals surface area contributed by atoms with Crippen molar-refractivity contribution in [2.45, 2.75) is 5.92 Å². The topological polar surface area (TPSA) is 0 Å². The Bertz CT molecular complexity index is 1010. The Balaban J connectivity index is 1.61. The smallest absolute Gasteiger partial charge is 0.0177 e. The lowest BCUT2D eigenvalue weighted by Crippen LogP contribution is -2.00. The molecule has 0 atom stereocenters. The molecule has 4 aromatic rings. The maximum absolute atomic E-state index is 2.42. The van der Waals surface area contributed by atoms with Crippen molar-refractivity contribution < 1.29 is 0 Å². The third kappa shape index (κ3) is 2.46. The molecular formula is C26H19. The van der Waals surface area contributed by atoms with Gasteiger partial charge < -0.3 is 0 Å². The molecule has 0 saturated carbocycles. The quantitative estimate of drug-likeness (QED) is 0.391. The summed E-state index contributed by atoms with van der Waals surface area (Å²) in [5, 5.41) is 0. The molecule has 0 fully saturated rings. The molecule has 0 amide bonds. The van der Waals surface area contributed by atoms with Crippen molar-refractivity contribution in [1.82, 2.24) is 0 Å². The van der Waals surface area contributed by atoms with Gasteiger partial charge in [0.15, 0.2) is 0 Å². The first kappa shape index (κ1) is 15.2. The summed E-state index contributed by atoms with van der Waals surface area (Å²) in [6.07, 6.45) is 2.42. The van der Waals surface area contributed by atoms with Crippen LogP contribution in [0.3, 0.4) is 0 Å². The Morgan fingerprint density at radius 1 is 0.462 bits per heavy atom. The van der Waals surface area contributed by atoms with Gasteiger partial charge in [-0.05, 0) is 38.9 Å². The molecule has 0 heterocycles. The molecule has 0 bridgehead atoms. The van der Waals surface area contributed by atoms with Gasteiger partial charge in [0, 0.05) is 12.3 Å². The normalized spacial score (nSPS) is 12.6. The highest BCUT2D eigenvalue weighted by Gasteiger charge is 2.28. The van der Waals surface area contributed by atoms with Crippen LogP contribution in [0, 0.1) is 6.42 Å². The van der Waals surface area contributed by atoms with E-state index >= 15 is 0 Å². The second-order valence-electron chi connectivity index (χ2n) is 6.77. The molecule has 4 aromatic carbocycles. The summed E-state index contributed by atoms with van der Waals surface area (Å²) in [6.45, 7) is 0. The van der Waals surface area contributed by atoms with Gasteiger partial charge in [0.05, 0.1) is 0 Å². The van der Waals surface area contributed by atoms with E-state index in [4.69, 9.17) is 0 Å². The van der Waals surface area contributed by atoms with Crippen LogP contribution in [0.5, 0.6) is 0 Å². The SMILES string of the molecule is [CH](c1ccccc1-c1ccccc1)C1c2ccccc2-c2ccccc21. The Kier molecular flexibility index (Phi) is 3.68. The van der Waals surface area contributed by atoms with Crippen molar-refractivity contribution >= 4 is 0 Å². The summed E-state index contributed by atoms with van der Waals surface area (Å²) in [7, 11) is 0. The maximum Gasteiger partial charge on any atom is 0.0177 e. The molecule has 1 radical (unpaired) electrons. The fourth-order valence-corrected chi connectivity index (χ4v) is 4.08. The molecule has 0 unspecified atom stereocenters. The third-order valence-electron chi connectivity index (χ3n) is 5.27. The van der Waals surface area contributed by atoms with E-state index in [-0.39, 0.29) is 0 Å². The molecule has 0 nitrogen and oxygen atoms in total. The van der Waals surface area contributed by atoms with E-state index in [1.807, 2.05) is 0 Å². The van der Waals surface area contributed by atoms with E-state index in [9.17, 15) is 0 Å². The summed E-state index contributed by atoms with van der Waals surface area (Å²) in [5.41, 5.74) is 9.36. The summed E-state index contributed by atoms with van der Waals surface area (Å²) in [5.74, 6) is 0.298. The molecule has 0 aromatic heterocycles. The lowest BCUT2D eigenvalue weighted by Gasteiger charge is -2.16. The highest BCUT2D eigenvalue weighted by molar-refractivity contribution is 5.80. The Morgan fingerprint density at radius 3 is 1.62 bits per heavy atom. The van der Waals surface area contributed by atoms with Gasteiger partial charge in [-0.2, -0.15) is 0 Å². The molecule has 1 aliphatic rings. The van der Waals surface area contributed by atoms with Crippen molar-refractivity contribution in [2.75, 3.05) is 0 Å². The summed E-state index contributed by atoms with van der Waals surface area (Å²) in [6, 6.07) is 36.9. The molecule has 26 heavy (non-hydrogen) atoms. The number of fused-ring (bicyclic) bond motifs is 3. The van der Waals surface area contributed by atoms with Gasteiger partial charge in [-0.1, -0.05) is 103 Å². The Labute approximate surface area is 154 Å². The molecule has 1 aliphatic carbocycles. The fourth-order valence-electron chi connectivity index (χ4n) is 4.08. The van der Waals surface area contributed by atoms with E-state index in [0.29, 0.717) is 5.92 Å². The summed E-state index contributed by atoms with van der Waals surface area (Å²) < 4.78 is 0. The minimum Gasteiger partial charge on any atom is -0.0622 e. The van der Waals surface area contributed by atoms with Gasteiger partial charge in [-0.25, -0.2) is 0 Å². The van der Waals surface area contributed by atoms with Gasteiger partial charge in [0.25, 0.3) is 0 Å². The average Bonchev–Trinajstić information content (AvgIpc) is 3.03. The summed E-state index contributed by atoms with van der Waals surface area (Å²) >= 11 is 0. The zero-order chi connectivity index (χ0) is 17.3. The second kappa shape index (κ2) is 6.31. The first-order chi connectivity index (χ1) is 12.9. The van der Waals surface area contributed by atoms with Crippen molar-refractivity contribution in [3.8, 4) is 22.3 Å². The van der Waals surface area contributed by atoms with Crippen molar-refractivity contribution in [1.29, 1.82) is 0 Å². The van der Waals surface area contributed by atoms with E-state index in [1.165, 1.54) is 38.9 Å². The molecule has 0 spiro atoms. The van der Waals surface area contributed by atoms with Crippen LogP contribution >= 0.6 is 0 Å². The average molecular weight is 331 g/mol. The monoisotopic (exact) mass is 331 g/mol. The van der Waals surface area contributed by atoms with Crippen LogP contribution < -0.4 is 0 Å². The highest BCUT2D eigenvalue weighted by atomic mass is 14.3. The minimum atomic E-state index is 0.298. The lowest BCUT2D eigenvalue weighted by atomic mass is 9.87. The second-order valence-corrected chi connectivity index (χ2v) is 6.77. The van der Waals surface area contributed by atoms with Gasteiger partial charge >= 0.3 is 0 Å². The van der Waals surface area contributed by atoms with E-state index in [0.717, 1.165) is 0 Å². The minimum absolute atomic E-state index is 0.298. The highest BCUT2D eigenvalue weighted by Crippen LogP contribution is 2.47. The summed E-state index contributed by atoms with van der Waals surface area (Å²) in [4.78, 5) is 0. The van der Waals surface area contributed by atoms with E-state index in [1.54, 1.807) is 0 Å². The molecule has 0 heteroatoms. The van der Waals surface area contributed by atoms with Crippen molar-refractivity contribution in [3.05, 3.63) is 126 Å². The van der Waals surface area contributed by atoms with Crippen LogP contribution in [-0.4, -0.2) is 0 Å². The van der Waals surface area contributed by atoms with Crippen LogP contribution in [0.15, 0.2) is 103 Å². The van der Waals surface area contributed by atoms with Gasteiger partial charge in [0.2, 0.25) is 0 Å².